The average Bonchev–Trinajstić information content (AvgIpc) is 2.77. The topological polar surface area (TPSA) is 41.3 Å². The molecule has 0 aromatic carbocycles. The van der Waals surface area contributed by atoms with Crippen molar-refractivity contribution < 1.29 is 5.11 Å². The van der Waals surface area contributed by atoms with E-state index in [9.17, 15) is 5.11 Å². The van der Waals surface area contributed by atoms with Crippen molar-refractivity contribution in [3.05, 3.63) is 18.0 Å². The molecule has 0 amide bonds. The molecule has 4 nitrogen and oxygen atoms in total. The zero-order valence-corrected chi connectivity index (χ0v) is 9.43. The summed E-state index contributed by atoms with van der Waals surface area (Å²) < 4.78 is 1.91. The van der Waals surface area contributed by atoms with Gasteiger partial charge in [0.25, 0.3) is 0 Å². The zero-order valence-electron chi connectivity index (χ0n) is 9.43. The van der Waals surface area contributed by atoms with Crippen LogP contribution >= 0.6 is 0 Å². The third-order valence-electron chi connectivity index (χ3n) is 3.30. The molecule has 2 unspecified atom stereocenters. The predicted octanol–water partition coefficient (Wildman–Crippen LogP) is 0.623. The summed E-state index contributed by atoms with van der Waals surface area (Å²) in [5.74, 6) is 0.443. The third-order valence-corrected chi connectivity index (χ3v) is 3.30. The SMILES string of the molecule is CC(O)C1CCN(Cc2ccnn2C)C1. The molecule has 1 N–H and O–H groups in total. The maximum absolute atomic E-state index is 9.51. The van der Waals surface area contributed by atoms with Gasteiger partial charge < -0.3 is 5.11 Å². The molecule has 4 heteroatoms. The Bertz CT molecular complexity index is 321. The normalized spacial score (nSPS) is 24.6. The van der Waals surface area contributed by atoms with Crippen LogP contribution in [-0.4, -0.2) is 39.0 Å². The minimum atomic E-state index is -0.179. The molecule has 2 rings (SSSR count). The Hall–Kier alpha value is -0.870. The molecule has 0 bridgehead atoms. The minimum absolute atomic E-state index is 0.179. The summed E-state index contributed by atoms with van der Waals surface area (Å²) in [4.78, 5) is 2.38. The Morgan fingerprint density at radius 1 is 1.67 bits per heavy atom. The number of likely N-dealkylation sites (tertiary alicyclic amines) is 1. The Kier molecular flexibility index (Phi) is 3.07. The zero-order chi connectivity index (χ0) is 10.8. The van der Waals surface area contributed by atoms with Crippen LogP contribution in [-0.2, 0) is 13.6 Å². The van der Waals surface area contributed by atoms with Gasteiger partial charge in [0, 0.05) is 26.3 Å². The van der Waals surface area contributed by atoms with Gasteiger partial charge in [-0.25, -0.2) is 0 Å². The average molecular weight is 209 g/mol. The fourth-order valence-corrected chi connectivity index (χ4v) is 2.19. The molecule has 1 aromatic rings. The highest BCUT2D eigenvalue weighted by Crippen LogP contribution is 2.21. The van der Waals surface area contributed by atoms with E-state index in [1.807, 2.05) is 24.9 Å². The summed E-state index contributed by atoms with van der Waals surface area (Å²) in [5, 5.41) is 13.7. The second kappa shape index (κ2) is 4.33. The molecule has 15 heavy (non-hydrogen) atoms. The molecule has 2 atom stereocenters. The molecule has 2 heterocycles. The second-order valence-electron chi connectivity index (χ2n) is 4.47. The molecule has 1 saturated heterocycles. The van der Waals surface area contributed by atoms with Gasteiger partial charge in [0.1, 0.15) is 0 Å². The van der Waals surface area contributed by atoms with Gasteiger partial charge in [0.2, 0.25) is 0 Å². The molecule has 0 saturated carbocycles. The standard InChI is InChI=1S/C11H19N3O/c1-9(15)10-4-6-14(7-10)8-11-3-5-12-13(11)2/h3,5,9-10,15H,4,6-8H2,1-2H3. The first-order valence-corrected chi connectivity index (χ1v) is 5.54. The smallest absolute Gasteiger partial charge is 0.0552 e. The van der Waals surface area contributed by atoms with Gasteiger partial charge in [-0.3, -0.25) is 9.58 Å². The van der Waals surface area contributed by atoms with Crippen molar-refractivity contribution in [2.75, 3.05) is 13.1 Å². The van der Waals surface area contributed by atoms with E-state index in [0.717, 1.165) is 26.1 Å². The summed E-state index contributed by atoms with van der Waals surface area (Å²) in [5.41, 5.74) is 1.24. The molecule has 0 radical (unpaired) electrons. The monoisotopic (exact) mass is 209 g/mol. The van der Waals surface area contributed by atoms with Crippen LogP contribution in [0.5, 0.6) is 0 Å². The second-order valence-corrected chi connectivity index (χ2v) is 4.47. The predicted molar refractivity (Wildman–Crippen MR) is 58.3 cm³/mol. The molecule has 1 aliphatic heterocycles. The van der Waals surface area contributed by atoms with E-state index in [1.54, 1.807) is 0 Å². The van der Waals surface area contributed by atoms with E-state index >= 15 is 0 Å². The number of hydrogen-bond donors (Lipinski definition) is 1. The van der Waals surface area contributed by atoms with E-state index in [-0.39, 0.29) is 6.10 Å². The maximum atomic E-state index is 9.51. The van der Waals surface area contributed by atoms with Gasteiger partial charge in [-0.2, -0.15) is 5.10 Å². The fraction of sp³-hybridized carbons (Fsp3) is 0.727. The maximum Gasteiger partial charge on any atom is 0.0552 e. The lowest BCUT2D eigenvalue weighted by molar-refractivity contribution is 0.127. The first kappa shape index (κ1) is 10.6. The van der Waals surface area contributed by atoms with Crippen molar-refractivity contribution in [1.29, 1.82) is 0 Å². The highest BCUT2D eigenvalue weighted by molar-refractivity contribution is 5.00. The Morgan fingerprint density at radius 3 is 3.00 bits per heavy atom. The van der Waals surface area contributed by atoms with Crippen molar-refractivity contribution in [3.63, 3.8) is 0 Å². The Morgan fingerprint density at radius 2 is 2.47 bits per heavy atom. The van der Waals surface area contributed by atoms with Crippen LogP contribution in [0.1, 0.15) is 19.0 Å². The van der Waals surface area contributed by atoms with Gasteiger partial charge in [0.15, 0.2) is 0 Å². The molecule has 1 aliphatic rings. The highest BCUT2D eigenvalue weighted by Gasteiger charge is 2.26. The van der Waals surface area contributed by atoms with Crippen LogP contribution < -0.4 is 0 Å². The Labute approximate surface area is 90.5 Å². The van der Waals surface area contributed by atoms with Gasteiger partial charge in [0.05, 0.1) is 11.8 Å². The number of aliphatic hydroxyl groups excluding tert-OH is 1. The fourth-order valence-electron chi connectivity index (χ4n) is 2.19. The molecule has 1 aromatic heterocycles. The number of aryl methyl sites for hydroxylation is 1. The lowest BCUT2D eigenvalue weighted by Gasteiger charge is -2.17. The van der Waals surface area contributed by atoms with Gasteiger partial charge >= 0.3 is 0 Å². The van der Waals surface area contributed by atoms with Crippen LogP contribution in [0.3, 0.4) is 0 Å². The summed E-state index contributed by atoms with van der Waals surface area (Å²) in [7, 11) is 1.97. The van der Waals surface area contributed by atoms with Crippen molar-refractivity contribution >= 4 is 0 Å². The Balaban J connectivity index is 1.90. The lowest BCUT2D eigenvalue weighted by atomic mass is 10.0. The van der Waals surface area contributed by atoms with E-state index in [4.69, 9.17) is 0 Å². The van der Waals surface area contributed by atoms with Crippen molar-refractivity contribution in [2.24, 2.45) is 13.0 Å². The lowest BCUT2D eigenvalue weighted by Crippen LogP contribution is -2.24. The van der Waals surface area contributed by atoms with Crippen molar-refractivity contribution in [2.45, 2.75) is 26.0 Å². The summed E-state index contributed by atoms with van der Waals surface area (Å²) >= 11 is 0. The number of nitrogens with zero attached hydrogens (tertiary/aromatic N) is 3. The van der Waals surface area contributed by atoms with Crippen molar-refractivity contribution in [3.8, 4) is 0 Å². The summed E-state index contributed by atoms with van der Waals surface area (Å²) in [6.07, 6.45) is 2.76. The van der Waals surface area contributed by atoms with Crippen LogP contribution in [0.25, 0.3) is 0 Å². The first-order valence-electron chi connectivity index (χ1n) is 5.54. The van der Waals surface area contributed by atoms with E-state index < -0.39 is 0 Å². The highest BCUT2D eigenvalue weighted by atomic mass is 16.3. The number of aliphatic hydroxyl groups is 1. The molecule has 84 valence electrons. The van der Waals surface area contributed by atoms with Crippen LogP contribution in [0.2, 0.25) is 0 Å². The van der Waals surface area contributed by atoms with Gasteiger partial charge in [-0.1, -0.05) is 0 Å². The molecule has 1 fully saturated rings. The summed E-state index contributed by atoms with van der Waals surface area (Å²) in [6, 6.07) is 2.05. The molecule has 0 spiro atoms. The van der Waals surface area contributed by atoms with Crippen LogP contribution in [0.15, 0.2) is 12.3 Å². The van der Waals surface area contributed by atoms with E-state index in [2.05, 4.69) is 16.1 Å². The van der Waals surface area contributed by atoms with Crippen molar-refractivity contribution in [1.82, 2.24) is 14.7 Å². The van der Waals surface area contributed by atoms with Crippen LogP contribution in [0, 0.1) is 5.92 Å². The quantitative estimate of drug-likeness (QED) is 0.793. The molecule has 0 aliphatic carbocycles. The molecular weight excluding hydrogens is 190 g/mol. The number of hydrogen-bond acceptors (Lipinski definition) is 3. The first-order chi connectivity index (χ1) is 7.16. The number of rotatable bonds is 3. The van der Waals surface area contributed by atoms with E-state index in [1.165, 1.54) is 5.69 Å². The molecular formula is C11H19N3O. The summed E-state index contributed by atoms with van der Waals surface area (Å²) in [6.45, 7) is 4.92. The van der Waals surface area contributed by atoms with Gasteiger partial charge in [-0.15, -0.1) is 0 Å². The third kappa shape index (κ3) is 2.38. The van der Waals surface area contributed by atoms with Crippen LogP contribution in [0.4, 0.5) is 0 Å². The number of aromatic nitrogens is 2. The largest absolute Gasteiger partial charge is 0.393 e. The minimum Gasteiger partial charge on any atom is -0.393 e. The van der Waals surface area contributed by atoms with E-state index in [0.29, 0.717) is 5.92 Å². The van der Waals surface area contributed by atoms with Gasteiger partial charge in [-0.05, 0) is 31.9 Å².